The van der Waals surface area contributed by atoms with E-state index in [0.29, 0.717) is 11.7 Å². The van der Waals surface area contributed by atoms with Gasteiger partial charge in [-0.1, -0.05) is 0 Å². The molecule has 0 saturated carbocycles. The third-order valence-corrected chi connectivity index (χ3v) is 1.47. The van der Waals surface area contributed by atoms with E-state index in [0.717, 1.165) is 5.76 Å². The Kier molecular flexibility index (Phi) is 3.54. The molecule has 2 nitrogen and oxygen atoms in total. The molecule has 0 amide bonds. The summed E-state index contributed by atoms with van der Waals surface area (Å²) in [4.78, 5) is 0. The Balaban J connectivity index is 2.45. The van der Waals surface area contributed by atoms with E-state index in [1.807, 2.05) is 19.1 Å². The Labute approximate surface area is 76.8 Å². The molecule has 0 unspecified atom stereocenters. The molecular weight excluding hydrogens is 172 g/mol. The van der Waals surface area contributed by atoms with Crippen molar-refractivity contribution in [3.05, 3.63) is 30.2 Å². The van der Waals surface area contributed by atoms with Crippen molar-refractivity contribution < 1.29 is 9.15 Å². The third kappa shape index (κ3) is 2.88. The van der Waals surface area contributed by atoms with E-state index in [1.165, 1.54) is 0 Å². The van der Waals surface area contributed by atoms with Gasteiger partial charge in [0, 0.05) is 0 Å². The maximum atomic E-state index is 5.06. The van der Waals surface area contributed by atoms with E-state index < -0.39 is 0 Å². The maximum absolute atomic E-state index is 5.06. The molecule has 1 aromatic rings. The first-order valence-corrected chi connectivity index (χ1v) is 4.12. The SMILES string of the molecule is CCOC(=S)/C=C/c1ccco1. The van der Waals surface area contributed by atoms with Crippen LogP contribution in [0.4, 0.5) is 0 Å². The number of furan rings is 1. The summed E-state index contributed by atoms with van der Waals surface area (Å²) in [6, 6.07) is 3.68. The van der Waals surface area contributed by atoms with Gasteiger partial charge < -0.3 is 9.15 Å². The van der Waals surface area contributed by atoms with Crippen LogP contribution < -0.4 is 0 Å². The van der Waals surface area contributed by atoms with E-state index >= 15 is 0 Å². The molecule has 3 heteroatoms. The van der Waals surface area contributed by atoms with Gasteiger partial charge in [-0.25, -0.2) is 0 Å². The molecule has 0 bridgehead atoms. The smallest absolute Gasteiger partial charge is 0.183 e. The molecule has 0 aromatic carbocycles. The molecule has 0 saturated heterocycles. The highest BCUT2D eigenvalue weighted by atomic mass is 32.1. The highest BCUT2D eigenvalue weighted by Gasteiger charge is 1.90. The van der Waals surface area contributed by atoms with E-state index in [1.54, 1.807) is 18.4 Å². The molecule has 0 aliphatic rings. The Bertz CT molecular complexity index is 262. The molecule has 0 spiro atoms. The molecule has 0 atom stereocenters. The molecule has 1 rings (SSSR count). The molecule has 0 aliphatic heterocycles. The predicted octanol–water partition coefficient (Wildman–Crippen LogP) is 2.66. The average Bonchev–Trinajstić information content (AvgIpc) is 2.53. The van der Waals surface area contributed by atoms with Gasteiger partial charge in [-0.15, -0.1) is 0 Å². The zero-order valence-corrected chi connectivity index (χ0v) is 7.64. The van der Waals surface area contributed by atoms with Crippen molar-refractivity contribution in [2.75, 3.05) is 6.61 Å². The predicted molar refractivity (Wildman–Crippen MR) is 52.0 cm³/mol. The summed E-state index contributed by atoms with van der Waals surface area (Å²) in [6.07, 6.45) is 5.10. The first-order chi connectivity index (χ1) is 5.83. The molecule has 0 aliphatic carbocycles. The summed E-state index contributed by atoms with van der Waals surface area (Å²) in [5.74, 6) is 0.775. The second kappa shape index (κ2) is 4.72. The van der Waals surface area contributed by atoms with Gasteiger partial charge in [0.25, 0.3) is 0 Å². The van der Waals surface area contributed by atoms with Gasteiger partial charge >= 0.3 is 0 Å². The van der Waals surface area contributed by atoms with Crippen LogP contribution in [-0.4, -0.2) is 11.7 Å². The highest BCUT2D eigenvalue weighted by molar-refractivity contribution is 7.80. The second-order valence-electron chi connectivity index (χ2n) is 2.10. The second-order valence-corrected chi connectivity index (χ2v) is 2.50. The van der Waals surface area contributed by atoms with Crippen molar-refractivity contribution in [1.82, 2.24) is 0 Å². The van der Waals surface area contributed by atoms with Crippen LogP contribution >= 0.6 is 12.2 Å². The summed E-state index contributed by atoms with van der Waals surface area (Å²) in [6.45, 7) is 2.49. The Hall–Kier alpha value is -1.09. The number of rotatable bonds is 3. The minimum atomic E-state index is 0.480. The first kappa shape index (κ1) is 9.00. The van der Waals surface area contributed by atoms with E-state index in [2.05, 4.69) is 0 Å². The molecule has 12 heavy (non-hydrogen) atoms. The Morgan fingerprint density at radius 2 is 2.58 bits per heavy atom. The van der Waals surface area contributed by atoms with Gasteiger partial charge in [-0.05, 0) is 43.4 Å². The topological polar surface area (TPSA) is 22.4 Å². The van der Waals surface area contributed by atoms with Crippen molar-refractivity contribution in [3.8, 4) is 0 Å². The third-order valence-electron chi connectivity index (χ3n) is 1.21. The van der Waals surface area contributed by atoms with Crippen LogP contribution in [0.15, 0.2) is 28.9 Å². The van der Waals surface area contributed by atoms with Crippen molar-refractivity contribution >= 4 is 23.3 Å². The van der Waals surface area contributed by atoms with E-state index in [-0.39, 0.29) is 0 Å². The van der Waals surface area contributed by atoms with Crippen molar-refractivity contribution in [1.29, 1.82) is 0 Å². The van der Waals surface area contributed by atoms with Crippen LogP contribution in [-0.2, 0) is 4.74 Å². The van der Waals surface area contributed by atoms with Crippen LogP contribution in [0.5, 0.6) is 0 Å². The number of hydrogen-bond acceptors (Lipinski definition) is 3. The van der Waals surface area contributed by atoms with Crippen LogP contribution in [0.1, 0.15) is 12.7 Å². The molecule has 0 radical (unpaired) electrons. The summed E-state index contributed by atoms with van der Waals surface area (Å²) < 4.78 is 10.1. The van der Waals surface area contributed by atoms with E-state index in [4.69, 9.17) is 21.4 Å². The zero-order valence-electron chi connectivity index (χ0n) is 6.82. The molecule has 0 fully saturated rings. The summed E-state index contributed by atoms with van der Waals surface area (Å²) in [7, 11) is 0. The molecule has 1 aromatic heterocycles. The highest BCUT2D eigenvalue weighted by Crippen LogP contribution is 2.02. The van der Waals surface area contributed by atoms with Crippen LogP contribution in [0, 0.1) is 0 Å². The lowest BCUT2D eigenvalue weighted by Crippen LogP contribution is -1.95. The minimum absolute atomic E-state index is 0.480. The number of hydrogen-bond donors (Lipinski definition) is 0. The summed E-state index contributed by atoms with van der Waals surface area (Å²) in [5, 5.41) is 0.480. The summed E-state index contributed by atoms with van der Waals surface area (Å²) >= 11 is 4.88. The molecule has 1 heterocycles. The Morgan fingerprint density at radius 1 is 1.75 bits per heavy atom. The fraction of sp³-hybridized carbons (Fsp3) is 0.222. The number of thiocarbonyl (C=S) groups is 1. The molecule has 0 N–H and O–H groups in total. The zero-order chi connectivity index (χ0) is 8.81. The standard InChI is InChI=1S/C9H10O2S/c1-2-10-9(12)6-5-8-4-3-7-11-8/h3-7H,2H2,1H3/b6-5+. The normalized spacial score (nSPS) is 10.4. The lowest BCUT2D eigenvalue weighted by Gasteiger charge is -1.96. The lowest BCUT2D eigenvalue weighted by molar-refractivity contribution is 0.339. The van der Waals surface area contributed by atoms with Gasteiger partial charge in [-0.2, -0.15) is 0 Å². The van der Waals surface area contributed by atoms with Gasteiger partial charge in [0.1, 0.15) is 5.76 Å². The average molecular weight is 182 g/mol. The minimum Gasteiger partial charge on any atom is -0.484 e. The van der Waals surface area contributed by atoms with E-state index in [9.17, 15) is 0 Å². The quantitative estimate of drug-likeness (QED) is 0.530. The monoisotopic (exact) mass is 182 g/mol. The fourth-order valence-electron chi connectivity index (χ4n) is 0.727. The van der Waals surface area contributed by atoms with Gasteiger partial charge in [0.2, 0.25) is 0 Å². The van der Waals surface area contributed by atoms with Gasteiger partial charge in [-0.3, -0.25) is 0 Å². The van der Waals surface area contributed by atoms with Crippen LogP contribution in [0.2, 0.25) is 0 Å². The molecular formula is C9H10O2S. The number of ether oxygens (including phenoxy) is 1. The summed E-state index contributed by atoms with van der Waals surface area (Å²) in [5.41, 5.74) is 0. The maximum Gasteiger partial charge on any atom is 0.183 e. The van der Waals surface area contributed by atoms with Crippen molar-refractivity contribution in [3.63, 3.8) is 0 Å². The van der Waals surface area contributed by atoms with Gasteiger partial charge in [0.05, 0.1) is 12.9 Å². The Morgan fingerprint density at radius 3 is 3.17 bits per heavy atom. The van der Waals surface area contributed by atoms with Gasteiger partial charge in [0.15, 0.2) is 5.05 Å². The largest absolute Gasteiger partial charge is 0.484 e. The van der Waals surface area contributed by atoms with Crippen molar-refractivity contribution in [2.45, 2.75) is 6.92 Å². The first-order valence-electron chi connectivity index (χ1n) is 3.71. The molecule has 64 valence electrons. The van der Waals surface area contributed by atoms with Crippen molar-refractivity contribution in [2.24, 2.45) is 0 Å². The van der Waals surface area contributed by atoms with Crippen LogP contribution in [0.3, 0.4) is 0 Å². The fourth-order valence-corrected chi connectivity index (χ4v) is 0.913. The lowest BCUT2D eigenvalue weighted by atomic mass is 10.4. The van der Waals surface area contributed by atoms with Crippen LogP contribution in [0.25, 0.3) is 6.08 Å².